The summed E-state index contributed by atoms with van der Waals surface area (Å²) >= 11 is 0. The van der Waals surface area contributed by atoms with Crippen LogP contribution in [0.15, 0.2) is 42.7 Å². The molecule has 0 saturated heterocycles. The van der Waals surface area contributed by atoms with E-state index >= 15 is 0 Å². The van der Waals surface area contributed by atoms with Crippen LogP contribution in [0.3, 0.4) is 0 Å². The number of benzene rings is 1. The first-order valence-corrected chi connectivity index (χ1v) is 8.17. The number of aromatic nitrogens is 2. The highest BCUT2D eigenvalue weighted by Gasteiger charge is 2.08. The second-order valence-electron chi connectivity index (χ2n) is 5.41. The third-order valence-electron chi connectivity index (χ3n) is 3.53. The monoisotopic (exact) mass is 312 g/mol. The minimum atomic E-state index is -0.167. The molecule has 0 spiro atoms. The van der Waals surface area contributed by atoms with E-state index < -0.39 is 0 Å². The lowest BCUT2D eigenvalue weighted by atomic mass is 10.1. The van der Waals surface area contributed by atoms with Crippen LogP contribution >= 0.6 is 0 Å². The SMILES string of the molecule is CCCCCNc1cc(C(=O)NCCc2ccccc2)ncn1. The number of carbonyl (C=O) groups excluding carboxylic acids is 1. The Labute approximate surface area is 137 Å². The third kappa shape index (κ3) is 6.06. The minimum absolute atomic E-state index is 0.167. The molecule has 122 valence electrons. The normalized spacial score (nSPS) is 10.3. The molecule has 1 aromatic carbocycles. The average Bonchev–Trinajstić information content (AvgIpc) is 2.60. The van der Waals surface area contributed by atoms with E-state index in [0.717, 1.165) is 19.4 Å². The van der Waals surface area contributed by atoms with E-state index in [9.17, 15) is 4.79 Å². The Hall–Kier alpha value is -2.43. The van der Waals surface area contributed by atoms with Crippen LogP contribution in [0.25, 0.3) is 0 Å². The zero-order valence-electron chi connectivity index (χ0n) is 13.6. The van der Waals surface area contributed by atoms with Gasteiger partial charge >= 0.3 is 0 Å². The molecule has 2 rings (SSSR count). The van der Waals surface area contributed by atoms with Gasteiger partial charge in [0.2, 0.25) is 0 Å². The molecule has 0 atom stereocenters. The molecule has 0 aliphatic carbocycles. The highest BCUT2D eigenvalue weighted by Crippen LogP contribution is 2.05. The van der Waals surface area contributed by atoms with Gasteiger partial charge in [-0.1, -0.05) is 50.1 Å². The first kappa shape index (κ1) is 16.9. The standard InChI is InChI=1S/C18H24N4O/c1-2-3-7-11-19-17-13-16(21-14-22-17)18(23)20-12-10-15-8-5-4-6-9-15/h4-6,8-9,13-14H,2-3,7,10-12H2,1H3,(H,20,23)(H,19,21,22). The van der Waals surface area contributed by atoms with Crippen LogP contribution < -0.4 is 10.6 Å². The van der Waals surface area contributed by atoms with Gasteiger partial charge in [0.1, 0.15) is 17.8 Å². The van der Waals surface area contributed by atoms with Gasteiger partial charge < -0.3 is 10.6 Å². The zero-order chi connectivity index (χ0) is 16.3. The Morgan fingerprint density at radius 2 is 1.91 bits per heavy atom. The summed E-state index contributed by atoms with van der Waals surface area (Å²) in [6.45, 7) is 3.62. The van der Waals surface area contributed by atoms with Gasteiger partial charge in [0.05, 0.1) is 0 Å². The number of hydrogen-bond acceptors (Lipinski definition) is 4. The van der Waals surface area contributed by atoms with Gasteiger partial charge in [0.25, 0.3) is 5.91 Å². The fraction of sp³-hybridized carbons (Fsp3) is 0.389. The van der Waals surface area contributed by atoms with Crippen LogP contribution in [0, 0.1) is 0 Å². The van der Waals surface area contributed by atoms with Crippen LogP contribution in [0.2, 0.25) is 0 Å². The molecule has 2 aromatic rings. The van der Waals surface area contributed by atoms with E-state index in [2.05, 4.69) is 39.7 Å². The first-order valence-electron chi connectivity index (χ1n) is 8.17. The lowest BCUT2D eigenvalue weighted by Crippen LogP contribution is -2.26. The van der Waals surface area contributed by atoms with E-state index in [1.807, 2.05) is 18.2 Å². The molecule has 0 radical (unpaired) electrons. The van der Waals surface area contributed by atoms with E-state index in [-0.39, 0.29) is 5.91 Å². The number of unbranched alkanes of at least 4 members (excludes halogenated alkanes) is 2. The molecule has 2 N–H and O–H groups in total. The van der Waals surface area contributed by atoms with Crippen LogP contribution in [-0.4, -0.2) is 29.0 Å². The quantitative estimate of drug-likeness (QED) is 0.698. The summed E-state index contributed by atoms with van der Waals surface area (Å²) in [5.74, 6) is 0.532. The highest BCUT2D eigenvalue weighted by atomic mass is 16.1. The van der Waals surface area contributed by atoms with Gasteiger partial charge in [-0.25, -0.2) is 9.97 Å². The van der Waals surface area contributed by atoms with E-state index in [1.54, 1.807) is 6.07 Å². The number of carbonyl (C=O) groups is 1. The summed E-state index contributed by atoms with van der Waals surface area (Å²) in [7, 11) is 0. The number of nitrogens with one attached hydrogen (secondary N) is 2. The topological polar surface area (TPSA) is 66.9 Å². The Balaban J connectivity index is 1.79. The fourth-order valence-electron chi connectivity index (χ4n) is 2.23. The molecule has 0 unspecified atom stereocenters. The van der Waals surface area contributed by atoms with Crippen molar-refractivity contribution in [3.63, 3.8) is 0 Å². The number of hydrogen-bond donors (Lipinski definition) is 2. The molecule has 0 aliphatic heterocycles. The van der Waals surface area contributed by atoms with Crippen LogP contribution in [0.4, 0.5) is 5.82 Å². The lowest BCUT2D eigenvalue weighted by Gasteiger charge is -2.07. The van der Waals surface area contributed by atoms with E-state index in [0.29, 0.717) is 18.1 Å². The van der Waals surface area contributed by atoms with Crippen molar-refractivity contribution >= 4 is 11.7 Å². The molecule has 23 heavy (non-hydrogen) atoms. The molecule has 5 nitrogen and oxygen atoms in total. The van der Waals surface area contributed by atoms with Gasteiger partial charge in [-0.2, -0.15) is 0 Å². The van der Waals surface area contributed by atoms with Crippen LogP contribution in [0.1, 0.15) is 42.2 Å². The van der Waals surface area contributed by atoms with E-state index in [1.165, 1.54) is 24.7 Å². The van der Waals surface area contributed by atoms with Gasteiger partial charge in [0, 0.05) is 19.2 Å². The Kier molecular flexibility index (Phi) is 7.04. The van der Waals surface area contributed by atoms with Gasteiger partial charge in [-0.3, -0.25) is 4.79 Å². The largest absolute Gasteiger partial charge is 0.370 e. The van der Waals surface area contributed by atoms with E-state index in [4.69, 9.17) is 0 Å². The predicted molar refractivity (Wildman–Crippen MR) is 92.5 cm³/mol. The molecule has 0 saturated carbocycles. The van der Waals surface area contributed by atoms with Crippen LogP contribution in [-0.2, 0) is 6.42 Å². The summed E-state index contributed by atoms with van der Waals surface area (Å²) in [5, 5.41) is 6.12. The fourth-order valence-corrected chi connectivity index (χ4v) is 2.23. The maximum Gasteiger partial charge on any atom is 0.270 e. The molecule has 0 bridgehead atoms. The molecule has 5 heteroatoms. The Morgan fingerprint density at radius 3 is 2.70 bits per heavy atom. The summed E-state index contributed by atoms with van der Waals surface area (Å²) < 4.78 is 0. The number of rotatable bonds is 9. The van der Waals surface area contributed by atoms with Crippen molar-refractivity contribution in [2.45, 2.75) is 32.6 Å². The first-order chi connectivity index (χ1) is 11.3. The van der Waals surface area contributed by atoms with Crippen molar-refractivity contribution in [3.8, 4) is 0 Å². The highest BCUT2D eigenvalue weighted by molar-refractivity contribution is 5.92. The molecule has 1 heterocycles. The smallest absolute Gasteiger partial charge is 0.270 e. The lowest BCUT2D eigenvalue weighted by molar-refractivity contribution is 0.0949. The van der Waals surface area contributed by atoms with Crippen molar-refractivity contribution in [2.24, 2.45) is 0 Å². The molecular formula is C18H24N4O. The number of nitrogens with zero attached hydrogens (tertiary/aromatic N) is 2. The molecule has 1 amide bonds. The molecule has 0 fully saturated rings. The molecular weight excluding hydrogens is 288 g/mol. The van der Waals surface area contributed by atoms with Crippen molar-refractivity contribution in [3.05, 3.63) is 54.0 Å². The van der Waals surface area contributed by atoms with Crippen molar-refractivity contribution in [1.82, 2.24) is 15.3 Å². The summed E-state index contributed by atoms with van der Waals surface area (Å²) in [5.41, 5.74) is 1.60. The van der Waals surface area contributed by atoms with Crippen molar-refractivity contribution < 1.29 is 4.79 Å². The minimum Gasteiger partial charge on any atom is -0.370 e. The third-order valence-corrected chi connectivity index (χ3v) is 3.53. The second kappa shape index (κ2) is 9.56. The van der Waals surface area contributed by atoms with Crippen molar-refractivity contribution in [2.75, 3.05) is 18.4 Å². The maximum absolute atomic E-state index is 12.1. The predicted octanol–water partition coefficient (Wildman–Crippen LogP) is 3.05. The second-order valence-corrected chi connectivity index (χ2v) is 5.41. The van der Waals surface area contributed by atoms with Gasteiger partial charge in [-0.05, 0) is 18.4 Å². The van der Waals surface area contributed by atoms with Gasteiger partial charge in [0.15, 0.2) is 0 Å². The average molecular weight is 312 g/mol. The summed E-state index contributed by atoms with van der Waals surface area (Å²) in [6.07, 6.45) is 5.69. The molecule has 0 aliphatic rings. The van der Waals surface area contributed by atoms with Crippen molar-refractivity contribution in [1.29, 1.82) is 0 Å². The summed E-state index contributed by atoms with van der Waals surface area (Å²) in [6, 6.07) is 11.8. The number of anilines is 1. The molecule has 1 aromatic heterocycles. The maximum atomic E-state index is 12.1. The summed E-state index contributed by atoms with van der Waals surface area (Å²) in [4.78, 5) is 20.3. The Bertz CT molecular complexity index is 601. The van der Waals surface area contributed by atoms with Crippen LogP contribution in [0.5, 0.6) is 0 Å². The zero-order valence-corrected chi connectivity index (χ0v) is 13.6. The van der Waals surface area contributed by atoms with Gasteiger partial charge in [-0.15, -0.1) is 0 Å². The number of amides is 1. The Morgan fingerprint density at radius 1 is 1.09 bits per heavy atom.